The Labute approximate surface area is 343 Å². The van der Waals surface area contributed by atoms with Crippen molar-refractivity contribution in [3.8, 4) is 0 Å². The second kappa shape index (κ2) is 38.5. The van der Waals surface area contributed by atoms with Gasteiger partial charge in [-0.1, -0.05) is 146 Å². The van der Waals surface area contributed by atoms with Gasteiger partial charge in [0.25, 0.3) is 7.82 Å². The first-order valence-electron chi connectivity index (χ1n) is 22.3. The number of nitrogens with zero attached hydrogens (tertiary/aromatic N) is 1. The summed E-state index contributed by atoms with van der Waals surface area (Å²) in [6.45, 7) is 4.08. The van der Waals surface area contributed by atoms with Gasteiger partial charge >= 0.3 is 11.9 Å². The minimum absolute atomic E-state index is 0.0360. The van der Waals surface area contributed by atoms with E-state index in [1.165, 1.54) is 77.0 Å². The van der Waals surface area contributed by atoms with Gasteiger partial charge in [0.05, 0.1) is 27.7 Å². The average Bonchev–Trinajstić information content (AvgIpc) is 3.15. The van der Waals surface area contributed by atoms with E-state index >= 15 is 0 Å². The Balaban J connectivity index is 4.36. The maximum atomic E-state index is 12.7. The highest BCUT2D eigenvalue weighted by Crippen LogP contribution is 2.38. The van der Waals surface area contributed by atoms with Crippen molar-refractivity contribution in [3.05, 3.63) is 48.6 Å². The third-order valence-electron chi connectivity index (χ3n) is 9.33. The van der Waals surface area contributed by atoms with Crippen molar-refractivity contribution in [2.75, 3.05) is 47.5 Å². The molecule has 0 aromatic rings. The predicted octanol–water partition coefficient (Wildman–Crippen LogP) is 12.1. The number of ether oxygens (including phenoxy) is 2. The molecular weight excluding hydrogens is 725 g/mol. The van der Waals surface area contributed by atoms with Gasteiger partial charge < -0.3 is 27.9 Å². The molecule has 1 unspecified atom stereocenters. The van der Waals surface area contributed by atoms with Crippen LogP contribution in [-0.2, 0) is 32.7 Å². The summed E-state index contributed by atoms with van der Waals surface area (Å²) >= 11 is 0. The number of phosphoric ester groups is 1. The first kappa shape index (κ1) is 54.0. The molecule has 0 amide bonds. The zero-order valence-corrected chi connectivity index (χ0v) is 37.5. The van der Waals surface area contributed by atoms with Crippen LogP contribution in [0.5, 0.6) is 0 Å². The van der Waals surface area contributed by atoms with E-state index in [0.29, 0.717) is 17.4 Å². The quantitative estimate of drug-likeness (QED) is 0.0198. The zero-order valence-electron chi connectivity index (χ0n) is 36.6. The molecular formula is C46H84NO8P. The second-order valence-corrected chi connectivity index (χ2v) is 17.4. The topological polar surface area (TPSA) is 111 Å². The number of phosphoric acid groups is 1. The van der Waals surface area contributed by atoms with Crippen LogP contribution in [0.4, 0.5) is 0 Å². The first-order chi connectivity index (χ1) is 27.0. The average molecular weight is 810 g/mol. The Morgan fingerprint density at radius 1 is 0.571 bits per heavy atom. The number of carbonyl (C=O) groups is 2. The largest absolute Gasteiger partial charge is 0.756 e. The summed E-state index contributed by atoms with van der Waals surface area (Å²) in [5.74, 6) is -0.857. The third kappa shape index (κ3) is 41.6. The van der Waals surface area contributed by atoms with Crippen molar-refractivity contribution >= 4 is 19.8 Å². The zero-order chi connectivity index (χ0) is 41.4. The second-order valence-electron chi connectivity index (χ2n) is 16.0. The fourth-order valence-corrected chi connectivity index (χ4v) is 6.57. The van der Waals surface area contributed by atoms with E-state index in [2.05, 4.69) is 62.5 Å². The van der Waals surface area contributed by atoms with E-state index in [4.69, 9.17) is 18.5 Å². The van der Waals surface area contributed by atoms with E-state index in [1.54, 1.807) is 0 Å². The van der Waals surface area contributed by atoms with Crippen molar-refractivity contribution < 1.29 is 42.1 Å². The molecule has 0 saturated heterocycles. The number of hydrogen-bond donors (Lipinski definition) is 0. The van der Waals surface area contributed by atoms with Crippen LogP contribution in [0.1, 0.15) is 181 Å². The van der Waals surface area contributed by atoms with Gasteiger partial charge in [0.2, 0.25) is 0 Å². The van der Waals surface area contributed by atoms with Crippen LogP contribution in [0.25, 0.3) is 0 Å². The number of allylic oxidation sites excluding steroid dienone is 8. The van der Waals surface area contributed by atoms with E-state index < -0.39 is 32.5 Å². The number of rotatable bonds is 40. The lowest BCUT2D eigenvalue weighted by Crippen LogP contribution is -2.37. The molecule has 2 atom stereocenters. The van der Waals surface area contributed by atoms with Gasteiger partial charge in [-0.3, -0.25) is 14.2 Å². The summed E-state index contributed by atoms with van der Waals surface area (Å²) < 4.78 is 33.9. The fourth-order valence-electron chi connectivity index (χ4n) is 5.84. The van der Waals surface area contributed by atoms with Gasteiger partial charge in [0.1, 0.15) is 19.8 Å². The van der Waals surface area contributed by atoms with Crippen LogP contribution >= 0.6 is 7.82 Å². The van der Waals surface area contributed by atoms with Crippen molar-refractivity contribution in [2.24, 2.45) is 0 Å². The summed E-state index contributed by atoms with van der Waals surface area (Å²) in [5, 5.41) is 0. The predicted molar refractivity (Wildman–Crippen MR) is 231 cm³/mol. The smallest absolute Gasteiger partial charge is 0.306 e. The Hall–Kier alpha value is -2.03. The molecule has 0 radical (unpaired) electrons. The number of unbranched alkanes of at least 4 members (excludes halogenated alkanes) is 18. The maximum absolute atomic E-state index is 12.7. The van der Waals surface area contributed by atoms with Crippen LogP contribution in [0, 0.1) is 0 Å². The molecule has 0 N–H and O–H groups in total. The Bertz CT molecular complexity index is 1100. The number of carbonyl (C=O) groups excluding carboxylic acids is 2. The van der Waals surface area contributed by atoms with Gasteiger partial charge in [0, 0.05) is 12.8 Å². The van der Waals surface area contributed by atoms with Gasteiger partial charge in [-0.15, -0.1) is 0 Å². The minimum Gasteiger partial charge on any atom is -0.756 e. The van der Waals surface area contributed by atoms with Gasteiger partial charge in [-0.25, -0.2) is 0 Å². The third-order valence-corrected chi connectivity index (χ3v) is 10.3. The first-order valence-corrected chi connectivity index (χ1v) is 23.8. The summed E-state index contributed by atoms with van der Waals surface area (Å²) in [5.41, 5.74) is 0. The fraction of sp³-hybridized carbons (Fsp3) is 0.783. The molecule has 0 aliphatic rings. The molecule has 326 valence electrons. The van der Waals surface area contributed by atoms with Crippen molar-refractivity contribution in [1.82, 2.24) is 0 Å². The molecule has 56 heavy (non-hydrogen) atoms. The molecule has 9 nitrogen and oxygen atoms in total. The Morgan fingerprint density at radius 3 is 1.54 bits per heavy atom. The highest BCUT2D eigenvalue weighted by molar-refractivity contribution is 7.45. The summed E-state index contributed by atoms with van der Waals surface area (Å²) in [6, 6.07) is 0. The molecule has 0 aliphatic carbocycles. The highest BCUT2D eigenvalue weighted by Gasteiger charge is 2.21. The lowest BCUT2D eigenvalue weighted by molar-refractivity contribution is -0.870. The Kier molecular flexibility index (Phi) is 37.1. The van der Waals surface area contributed by atoms with Crippen molar-refractivity contribution in [3.63, 3.8) is 0 Å². The number of likely N-dealkylation sites (N-methyl/N-ethyl adjacent to an activating group) is 1. The molecule has 0 rings (SSSR count). The van der Waals surface area contributed by atoms with Gasteiger partial charge in [0.15, 0.2) is 6.10 Å². The monoisotopic (exact) mass is 810 g/mol. The normalized spacial score (nSPS) is 14.0. The minimum atomic E-state index is -4.63. The molecule has 0 aromatic heterocycles. The van der Waals surface area contributed by atoms with E-state index in [-0.39, 0.29) is 26.1 Å². The van der Waals surface area contributed by atoms with Gasteiger partial charge in [-0.2, -0.15) is 0 Å². The van der Waals surface area contributed by atoms with Gasteiger partial charge in [-0.05, 0) is 70.6 Å². The number of quaternary nitrogens is 1. The SMILES string of the molecule is CC/C=C/C/C=C/C/C=C/CCCCCCCC(=O)O[C@H](COC(=O)CCCCCCCCCCC/C=C/CCCCCC)COP(=O)([O-])OCC[N+](C)(C)C. The maximum Gasteiger partial charge on any atom is 0.306 e. The van der Waals surface area contributed by atoms with E-state index in [1.807, 2.05) is 21.1 Å². The van der Waals surface area contributed by atoms with Crippen molar-refractivity contribution in [2.45, 2.75) is 187 Å². The standard InChI is InChI=1S/C46H84NO8P/c1-6-8-10-12-14-16-18-20-22-23-25-26-28-30-32-34-36-38-45(48)52-42-44(43-54-56(50,51)53-41-40-47(3,4)5)55-46(49)39-37-35-33-31-29-27-24-21-19-17-15-13-11-9-7-2/h9,11,15-18,21,24,44H,6-8,10,12-14,19-20,22-23,25-43H2,1-5H3/b11-9+,17-15+,18-16+,24-21+/t44-/m1/s1. The highest BCUT2D eigenvalue weighted by atomic mass is 31.2. The summed E-state index contributed by atoms with van der Waals surface area (Å²) in [7, 11) is 1.15. The molecule has 0 saturated carbocycles. The molecule has 0 heterocycles. The number of hydrogen-bond acceptors (Lipinski definition) is 8. The van der Waals surface area contributed by atoms with Crippen LogP contribution in [-0.4, -0.2) is 70.0 Å². The number of esters is 2. The summed E-state index contributed by atoms with van der Waals surface area (Å²) in [4.78, 5) is 37.5. The molecule has 0 bridgehead atoms. The van der Waals surface area contributed by atoms with Crippen LogP contribution < -0.4 is 4.89 Å². The van der Waals surface area contributed by atoms with E-state index in [0.717, 1.165) is 70.6 Å². The Morgan fingerprint density at radius 2 is 1.02 bits per heavy atom. The van der Waals surface area contributed by atoms with Crippen LogP contribution in [0.15, 0.2) is 48.6 Å². The van der Waals surface area contributed by atoms with E-state index in [9.17, 15) is 19.0 Å². The molecule has 0 spiro atoms. The molecule has 10 heteroatoms. The van der Waals surface area contributed by atoms with Crippen LogP contribution in [0.2, 0.25) is 0 Å². The lowest BCUT2D eigenvalue weighted by atomic mass is 10.1. The van der Waals surface area contributed by atoms with Crippen molar-refractivity contribution in [1.29, 1.82) is 0 Å². The van der Waals surface area contributed by atoms with Crippen LogP contribution in [0.3, 0.4) is 0 Å². The molecule has 0 fully saturated rings. The molecule has 0 aliphatic heterocycles. The molecule has 0 aromatic carbocycles. The lowest BCUT2D eigenvalue weighted by Gasteiger charge is -2.28. The summed E-state index contributed by atoms with van der Waals surface area (Å²) in [6.07, 6.45) is 44.2.